The Morgan fingerprint density at radius 3 is 2.87 bits per heavy atom. The summed E-state index contributed by atoms with van der Waals surface area (Å²) in [6, 6.07) is 7.31. The summed E-state index contributed by atoms with van der Waals surface area (Å²) in [7, 11) is 0. The first-order valence-corrected chi connectivity index (χ1v) is 7.21. The molecule has 1 saturated carbocycles. The van der Waals surface area contributed by atoms with Crippen molar-refractivity contribution in [1.29, 1.82) is 0 Å². The number of carbonyl (C=O) groups excluding carboxylic acids is 1. The van der Waals surface area contributed by atoms with Crippen LogP contribution < -0.4 is 5.32 Å². The third-order valence-corrected chi connectivity index (χ3v) is 3.72. The summed E-state index contributed by atoms with van der Waals surface area (Å²) < 4.78 is 15.0. The van der Waals surface area contributed by atoms with E-state index in [0.29, 0.717) is 11.3 Å². The Morgan fingerprint density at radius 1 is 1.30 bits per heavy atom. The van der Waals surface area contributed by atoms with Gasteiger partial charge in [-0.05, 0) is 44.0 Å². The van der Waals surface area contributed by atoms with Gasteiger partial charge in [0.2, 0.25) is 0 Å². The van der Waals surface area contributed by atoms with Gasteiger partial charge in [-0.3, -0.25) is 15.1 Å². The monoisotopic (exact) mass is 312 g/mol. The van der Waals surface area contributed by atoms with Crippen LogP contribution in [-0.4, -0.2) is 36.4 Å². The maximum Gasteiger partial charge on any atom is 0.264 e. The van der Waals surface area contributed by atoms with Crippen LogP contribution >= 0.6 is 0 Å². The zero-order valence-electron chi connectivity index (χ0n) is 12.3. The molecule has 1 aliphatic rings. The van der Waals surface area contributed by atoms with E-state index in [1.165, 1.54) is 4.63 Å². The minimum absolute atomic E-state index is 0.0504. The van der Waals surface area contributed by atoms with E-state index in [1.54, 1.807) is 12.3 Å². The first-order valence-electron chi connectivity index (χ1n) is 7.21. The van der Waals surface area contributed by atoms with Crippen molar-refractivity contribution in [3.63, 3.8) is 0 Å². The minimum Gasteiger partial charge on any atom is -0.290 e. The van der Waals surface area contributed by atoms with Crippen molar-refractivity contribution in [1.82, 2.24) is 24.8 Å². The molecule has 0 radical (unpaired) electrons. The zero-order chi connectivity index (χ0) is 16.0. The SMILES string of the molecule is Cc1cc(-c2ccc3nc(NC(=O)C4(F)CC4)nn3n2)ccn1. The van der Waals surface area contributed by atoms with Crippen molar-refractivity contribution in [2.45, 2.75) is 25.4 Å². The fraction of sp³-hybridized carbons (Fsp3) is 0.267. The number of halogens is 1. The molecule has 3 heterocycles. The van der Waals surface area contributed by atoms with Crippen LogP contribution in [0.15, 0.2) is 30.5 Å². The van der Waals surface area contributed by atoms with Crippen molar-refractivity contribution in [3.8, 4) is 11.3 Å². The highest BCUT2D eigenvalue weighted by Crippen LogP contribution is 2.40. The van der Waals surface area contributed by atoms with Gasteiger partial charge >= 0.3 is 0 Å². The van der Waals surface area contributed by atoms with Gasteiger partial charge in [0.25, 0.3) is 11.9 Å². The standard InChI is InChI=1S/C15H13FN6O/c1-9-8-10(4-7-17-9)11-2-3-12-18-14(21-22(12)20-11)19-13(23)15(16)5-6-15/h2-4,7-8H,5-6H2,1H3,(H,19,21,23). The lowest BCUT2D eigenvalue weighted by Crippen LogP contribution is -2.26. The Labute approximate surface area is 130 Å². The van der Waals surface area contributed by atoms with Crippen LogP contribution in [-0.2, 0) is 4.79 Å². The first kappa shape index (κ1) is 13.7. The molecule has 116 valence electrons. The predicted molar refractivity (Wildman–Crippen MR) is 80.5 cm³/mol. The van der Waals surface area contributed by atoms with Gasteiger partial charge in [-0.25, -0.2) is 4.39 Å². The highest BCUT2D eigenvalue weighted by molar-refractivity contribution is 5.98. The molecule has 7 nitrogen and oxygen atoms in total. The van der Waals surface area contributed by atoms with Crippen LogP contribution in [0.3, 0.4) is 0 Å². The summed E-state index contributed by atoms with van der Waals surface area (Å²) in [5.41, 5.74) is 1.20. The molecule has 1 aliphatic carbocycles. The number of anilines is 1. The van der Waals surface area contributed by atoms with Gasteiger partial charge in [-0.2, -0.15) is 4.98 Å². The maximum absolute atomic E-state index is 13.7. The molecular weight excluding hydrogens is 299 g/mol. The number of nitrogens with zero attached hydrogens (tertiary/aromatic N) is 5. The van der Waals surface area contributed by atoms with Gasteiger partial charge in [0.05, 0.1) is 5.69 Å². The Bertz CT molecular complexity index is 917. The summed E-state index contributed by atoms with van der Waals surface area (Å²) in [6.45, 7) is 1.90. The number of rotatable bonds is 3. The molecule has 0 saturated heterocycles. The number of hydrogen-bond acceptors (Lipinski definition) is 5. The van der Waals surface area contributed by atoms with Crippen molar-refractivity contribution in [2.75, 3.05) is 5.32 Å². The van der Waals surface area contributed by atoms with E-state index in [0.717, 1.165) is 11.3 Å². The van der Waals surface area contributed by atoms with E-state index in [-0.39, 0.29) is 18.8 Å². The predicted octanol–water partition coefficient (Wildman–Crippen LogP) is 1.94. The lowest BCUT2D eigenvalue weighted by Gasteiger charge is -2.02. The molecule has 1 amide bonds. The third kappa shape index (κ3) is 2.52. The summed E-state index contributed by atoms with van der Waals surface area (Å²) in [6.07, 6.45) is 2.20. The Balaban J connectivity index is 1.65. The van der Waals surface area contributed by atoms with Gasteiger partial charge in [0.1, 0.15) is 0 Å². The molecule has 1 fully saturated rings. The second-order valence-corrected chi connectivity index (χ2v) is 5.61. The van der Waals surface area contributed by atoms with E-state index in [9.17, 15) is 9.18 Å². The Morgan fingerprint density at radius 2 is 2.13 bits per heavy atom. The molecule has 0 atom stereocenters. The molecule has 8 heteroatoms. The molecule has 0 aromatic carbocycles. The molecule has 0 spiro atoms. The second-order valence-electron chi connectivity index (χ2n) is 5.61. The van der Waals surface area contributed by atoms with Crippen molar-refractivity contribution < 1.29 is 9.18 Å². The smallest absolute Gasteiger partial charge is 0.264 e. The van der Waals surface area contributed by atoms with E-state index < -0.39 is 11.6 Å². The molecule has 1 N–H and O–H groups in total. The molecule has 0 unspecified atom stereocenters. The average molecular weight is 312 g/mol. The normalized spacial score (nSPS) is 15.6. The maximum atomic E-state index is 13.7. The van der Waals surface area contributed by atoms with Crippen LogP contribution in [0, 0.1) is 6.92 Å². The molecular formula is C15H13FN6O. The highest BCUT2D eigenvalue weighted by Gasteiger charge is 2.51. The van der Waals surface area contributed by atoms with Gasteiger partial charge in [-0.1, -0.05) is 0 Å². The molecule has 3 aromatic heterocycles. The Hall–Kier alpha value is -2.90. The number of amides is 1. The quantitative estimate of drug-likeness (QED) is 0.799. The van der Waals surface area contributed by atoms with E-state index >= 15 is 0 Å². The number of alkyl halides is 1. The molecule has 0 aliphatic heterocycles. The number of carbonyl (C=O) groups is 1. The Kier molecular flexibility index (Phi) is 2.87. The number of hydrogen-bond donors (Lipinski definition) is 1. The lowest BCUT2D eigenvalue weighted by atomic mass is 10.1. The van der Waals surface area contributed by atoms with E-state index in [4.69, 9.17) is 0 Å². The number of nitrogens with one attached hydrogen (secondary N) is 1. The van der Waals surface area contributed by atoms with Crippen molar-refractivity contribution in [3.05, 3.63) is 36.2 Å². The average Bonchev–Trinajstić information content (AvgIpc) is 3.16. The number of fused-ring (bicyclic) bond motifs is 1. The summed E-state index contributed by atoms with van der Waals surface area (Å²) in [5.74, 6) is -0.645. The fourth-order valence-electron chi connectivity index (χ4n) is 2.25. The van der Waals surface area contributed by atoms with Crippen LogP contribution in [0.1, 0.15) is 18.5 Å². The van der Waals surface area contributed by atoms with Gasteiger partial charge < -0.3 is 0 Å². The number of aromatic nitrogens is 5. The highest BCUT2D eigenvalue weighted by atomic mass is 19.1. The largest absolute Gasteiger partial charge is 0.290 e. The fourth-order valence-corrected chi connectivity index (χ4v) is 2.25. The van der Waals surface area contributed by atoms with E-state index in [2.05, 4.69) is 25.5 Å². The summed E-state index contributed by atoms with van der Waals surface area (Å²) >= 11 is 0. The first-order chi connectivity index (χ1) is 11.0. The minimum atomic E-state index is -1.76. The van der Waals surface area contributed by atoms with E-state index in [1.807, 2.05) is 25.1 Å². The van der Waals surface area contributed by atoms with Gasteiger partial charge in [-0.15, -0.1) is 14.8 Å². The summed E-state index contributed by atoms with van der Waals surface area (Å²) in [5, 5.41) is 10.8. The third-order valence-electron chi connectivity index (χ3n) is 3.72. The van der Waals surface area contributed by atoms with Gasteiger partial charge in [0, 0.05) is 17.5 Å². The number of aryl methyl sites for hydroxylation is 1. The second kappa shape index (κ2) is 4.80. The topological polar surface area (TPSA) is 85.1 Å². The van der Waals surface area contributed by atoms with Crippen LogP contribution in [0.2, 0.25) is 0 Å². The zero-order valence-corrected chi connectivity index (χ0v) is 12.3. The van der Waals surface area contributed by atoms with Crippen LogP contribution in [0.25, 0.3) is 16.9 Å². The molecule has 23 heavy (non-hydrogen) atoms. The molecule has 3 aromatic rings. The van der Waals surface area contributed by atoms with Crippen molar-refractivity contribution in [2.24, 2.45) is 0 Å². The van der Waals surface area contributed by atoms with Crippen LogP contribution in [0.4, 0.5) is 10.3 Å². The summed E-state index contributed by atoms with van der Waals surface area (Å²) in [4.78, 5) is 20.0. The molecule has 0 bridgehead atoms. The van der Waals surface area contributed by atoms with Crippen molar-refractivity contribution >= 4 is 17.5 Å². The van der Waals surface area contributed by atoms with Gasteiger partial charge in [0.15, 0.2) is 11.3 Å². The molecule has 4 rings (SSSR count). The van der Waals surface area contributed by atoms with Crippen LogP contribution in [0.5, 0.6) is 0 Å². The lowest BCUT2D eigenvalue weighted by molar-refractivity contribution is -0.122. The number of pyridine rings is 1.